The lowest BCUT2D eigenvalue weighted by Gasteiger charge is -2.17. The molecular weight excluding hydrogens is 286 g/mol. The van der Waals surface area contributed by atoms with Crippen molar-refractivity contribution in [3.63, 3.8) is 0 Å². The van der Waals surface area contributed by atoms with Crippen LogP contribution in [0.3, 0.4) is 0 Å². The average molecular weight is 298 g/mol. The van der Waals surface area contributed by atoms with Crippen molar-refractivity contribution in [3.8, 4) is 0 Å². The second kappa shape index (κ2) is 5.05. The van der Waals surface area contributed by atoms with Crippen LogP contribution in [-0.4, -0.2) is 4.98 Å². The first-order chi connectivity index (χ1) is 7.74. The van der Waals surface area contributed by atoms with Crippen LogP contribution in [0.1, 0.15) is 22.7 Å². The Labute approximate surface area is 107 Å². The molecule has 5 heteroatoms. The molecule has 1 atom stereocenters. The van der Waals surface area contributed by atoms with Crippen LogP contribution < -0.4 is 11.3 Å². The predicted molar refractivity (Wildman–Crippen MR) is 70.2 cm³/mol. The molecule has 3 N–H and O–H groups in total. The van der Waals surface area contributed by atoms with Crippen LogP contribution in [0.4, 0.5) is 0 Å². The minimum absolute atomic E-state index is 0.0191. The molecule has 2 aromatic rings. The van der Waals surface area contributed by atoms with Gasteiger partial charge in [-0.15, -0.1) is 0 Å². The lowest BCUT2D eigenvalue weighted by Crippen LogP contribution is -2.29. The van der Waals surface area contributed by atoms with E-state index in [1.807, 2.05) is 17.6 Å². The Bertz CT molecular complexity index is 484. The highest BCUT2D eigenvalue weighted by Gasteiger charge is 2.17. The summed E-state index contributed by atoms with van der Waals surface area (Å²) in [6.07, 6.45) is 3.64. The van der Waals surface area contributed by atoms with Crippen LogP contribution in [0, 0.1) is 6.92 Å². The van der Waals surface area contributed by atoms with Gasteiger partial charge >= 0.3 is 0 Å². The van der Waals surface area contributed by atoms with Gasteiger partial charge in [-0.05, 0) is 51.0 Å². The van der Waals surface area contributed by atoms with E-state index in [2.05, 4.69) is 38.6 Å². The number of halogens is 1. The lowest BCUT2D eigenvalue weighted by molar-refractivity contribution is 0.631. The second-order valence-corrected chi connectivity index (χ2v) is 5.10. The first kappa shape index (κ1) is 11.7. The van der Waals surface area contributed by atoms with E-state index in [1.165, 1.54) is 5.56 Å². The third-order valence-electron chi connectivity index (χ3n) is 2.51. The first-order valence-corrected chi connectivity index (χ1v) is 6.56. The van der Waals surface area contributed by atoms with Crippen molar-refractivity contribution in [1.82, 2.24) is 10.4 Å². The summed E-state index contributed by atoms with van der Waals surface area (Å²) in [5.41, 5.74) is 6.26. The molecule has 0 fully saturated rings. The number of aryl methyl sites for hydroxylation is 1. The molecule has 0 saturated heterocycles. The zero-order valence-corrected chi connectivity index (χ0v) is 11.2. The standard InChI is InChI=1S/C11H12BrN3S/c1-7-2-3-14-4-8(7)11(15-13)9-5-16-6-10(9)12/h2-6,11,15H,13H2,1H3. The molecule has 16 heavy (non-hydrogen) atoms. The summed E-state index contributed by atoms with van der Waals surface area (Å²) in [6, 6.07) is 1.97. The summed E-state index contributed by atoms with van der Waals surface area (Å²) >= 11 is 5.17. The minimum atomic E-state index is -0.0191. The fourth-order valence-corrected chi connectivity index (χ4v) is 3.17. The van der Waals surface area contributed by atoms with Crippen molar-refractivity contribution in [1.29, 1.82) is 0 Å². The number of hydrogen-bond acceptors (Lipinski definition) is 4. The summed E-state index contributed by atoms with van der Waals surface area (Å²) in [6.45, 7) is 2.06. The zero-order chi connectivity index (χ0) is 11.5. The second-order valence-electron chi connectivity index (χ2n) is 3.51. The monoisotopic (exact) mass is 297 g/mol. The molecule has 2 aromatic heterocycles. The summed E-state index contributed by atoms with van der Waals surface area (Å²) in [5, 5.41) is 4.13. The predicted octanol–water partition coefficient (Wildman–Crippen LogP) is 2.77. The molecule has 0 bridgehead atoms. The summed E-state index contributed by atoms with van der Waals surface area (Å²) < 4.78 is 1.07. The van der Waals surface area contributed by atoms with Crippen molar-refractivity contribution in [3.05, 3.63) is 50.4 Å². The van der Waals surface area contributed by atoms with E-state index in [-0.39, 0.29) is 6.04 Å². The van der Waals surface area contributed by atoms with E-state index in [9.17, 15) is 0 Å². The van der Waals surface area contributed by atoms with Gasteiger partial charge in [0.15, 0.2) is 0 Å². The highest BCUT2D eigenvalue weighted by atomic mass is 79.9. The van der Waals surface area contributed by atoms with Crippen LogP contribution in [-0.2, 0) is 0 Å². The summed E-state index contributed by atoms with van der Waals surface area (Å²) in [4.78, 5) is 4.15. The Morgan fingerprint density at radius 2 is 2.25 bits per heavy atom. The van der Waals surface area contributed by atoms with Gasteiger partial charge in [-0.2, -0.15) is 11.3 Å². The largest absolute Gasteiger partial charge is 0.271 e. The van der Waals surface area contributed by atoms with Crippen LogP contribution in [0.2, 0.25) is 0 Å². The molecule has 0 aliphatic heterocycles. The van der Waals surface area contributed by atoms with E-state index in [0.717, 1.165) is 15.6 Å². The Kier molecular flexibility index (Phi) is 3.70. The quantitative estimate of drug-likeness (QED) is 0.677. The van der Waals surface area contributed by atoms with Crippen LogP contribution in [0.15, 0.2) is 33.7 Å². The van der Waals surface area contributed by atoms with Crippen molar-refractivity contribution < 1.29 is 0 Å². The number of hydrogen-bond donors (Lipinski definition) is 2. The van der Waals surface area contributed by atoms with E-state index in [1.54, 1.807) is 17.5 Å². The maximum atomic E-state index is 5.64. The molecule has 0 aliphatic carbocycles. The van der Waals surface area contributed by atoms with Crippen molar-refractivity contribution in [2.45, 2.75) is 13.0 Å². The number of hydrazine groups is 1. The van der Waals surface area contributed by atoms with Gasteiger partial charge in [-0.25, -0.2) is 5.43 Å². The van der Waals surface area contributed by atoms with Crippen molar-refractivity contribution >= 4 is 27.3 Å². The summed E-state index contributed by atoms with van der Waals surface area (Å²) in [7, 11) is 0. The maximum absolute atomic E-state index is 5.64. The van der Waals surface area contributed by atoms with Gasteiger partial charge in [0.05, 0.1) is 6.04 Å². The highest BCUT2D eigenvalue weighted by Crippen LogP contribution is 2.31. The fraction of sp³-hybridized carbons (Fsp3) is 0.182. The van der Waals surface area contributed by atoms with E-state index >= 15 is 0 Å². The molecule has 2 heterocycles. The molecule has 0 aliphatic rings. The molecule has 0 spiro atoms. The van der Waals surface area contributed by atoms with Gasteiger partial charge < -0.3 is 0 Å². The normalized spacial score (nSPS) is 12.7. The number of nitrogens with zero attached hydrogens (tertiary/aromatic N) is 1. The van der Waals surface area contributed by atoms with Gasteiger partial charge in [0, 0.05) is 22.2 Å². The molecule has 1 unspecified atom stereocenters. The average Bonchev–Trinajstić information content (AvgIpc) is 2.69. The molecule has 0 aromatic carbocycles. The fourth-order valence-electron chi connectivity index (χ4n) is 1.62. The highest BCUT2D eigenvalue weighted by molar-refractivity contribution is 9.10. The van der Waals surface area contributed by atoms with Crippen molar-refractivity contribution in [2.75, 3.05) is 0 Å². The molecule has 2 rings (SSSR count). The smallest absolute Gasteiger partial charge is 0.0746 e. The Hall–Kier alpha value is -0.750. The summed E-state index contributed by atoms with van der Waals surface area (Å²) in [5.74, 6) is 5.64. The number of pyridine rings is 1. The SMILES string of the molecule is Cc1ccncc1C(NN)c1cscc1Br. The van der Waals surface area contributed by atoms with Gasteiger partial charge in [-0.1, -0.05) is 0 Å². The maximum Gasteiger partial charge on any atom is 0.0746 e. The Balaban J connectivity index is 2.45. The third kappa shape index (κ3) is 2.17. The van der Waals surface area contributed by atoms with Gasteiger partial charge in [-0.3, -0.25) is 10.8 Å². The van der Waals surface area contributed by atoms with E-state index in [4.69, 9.17) is 5.84 Å². The molecule has 3 nitrogen and oxygen atoms in total. The van der Waals surface area contributed by atoms with Gasteiger partial charge in [0.1, 0.15) is 0 Å². The topological polar surface area (TPSA) is 50.9 Å². The zero-order valence-electron chi connectivity index (χ0n) is 8.77. The third-order valence-corrected chi connectivity index (χ3v) is 4.26. The Morgan fingerprint density at radius 1 is 1.44 bits per heavy atom. The minimum Gasteiger partial charge on any atom is -0.271 e. The molecular formula is C11H12BrN3S. The number of thiophene rings is 1. The number of aromatic nitrogens is 1. The van der Waals surface area contributed by atoms with Crippen LogP contribution in [0.25, 0.3) is 0 Å². The molecule has 84 valence electrons. The number of rotatable bonds is 3. The molecule has 0 amide bonds. The number of nitrogens with one attached hydrogen (secondary N) is 1. The van der Waals surface area contributed by atoms with Gasteiger partial charge in [0.2, 0.25) is 0 Å². The van der Waals surface area contributed by atoms with Gasteiger partial charge in [0.25, 0.3) is 0 Å². The van der Waals surface area contributed by atoms with E-state index in [0.29, 0.717) is 0 Å². The van der Waals surface area contributed by atoms with Crippen molar-refractivity contribution in [2.24, 2.45) is 5.84 Å². The first-order valence-electron chi connectivity index (χ1n) is 4.82. The lowest BCUT2D eigenvalue weighted by atomic mass is 10.00. The molecule has 0 radical (unpaired) electrons. The van der Waals surface area contributed by atoms with E-state index < -0.39 is 0 Å². The Morgan fingerprint density at radius 3 is 2.81 bits per heavy atom. The van der Waals surface area contributed by atoms with Crippen LogP contribution in [0.5, 0.6) is 0 Å². The van der Waals surface area contributed by atoms with Crippen LogP contribution >= 0.6 is 27.3 Å². The number of nitrogens with two attached hydrogens (primary N) is 1. The molecule has 0 saturated carbocycles.